The maximum atomic E-state index is 11.7. The summed E-state index contributed by atoms with van der Waals surface area (Å²) in [7, 11) is -3.37. The van der Waals surface area contributed by atoms with Gasteiger partial charge >= 0.3 is 0 Å². The van der Waals surface area contributed by atoms with E-state index in [2.05, 4.69) is 9.88 Å². The molecule has 0 amide bonds. The van der Waals surface area contributed by atoms with Crippen LogP contribution in [-0.2, 0) is 15.8 Å². The lowest BCUT2D eigenvalue weighted by Crippen LogP contribution is -2.39. The minimum atomic E-state index is -3.37. The third-order valence-corrected chi connectivity index (χ3v) is 4.06. The molecular formula is C10H17N3O3S. The van der Waals surface area contributed by atoms with Crippen LogP contribution in [0.15, 0.2) is 10.6 Å². The van der Waals surface area contributed by atoms with Crippen molar-refractivity contribution < 1.29 is 12.9 Å². The van der Waals surface area contributed by atoms with Gasteiger partial charge in [-0.05, 0) is 25.7 Å². The zero-order valence-corrected chi connectivity index (χ0v) is 10.5. The first-order valence-electron chi connectivity index (χ1n) is 5.61. The molecule has 6 nitrogen and oxygen atoms in total. The van der Waals surface area contributed by atoms with Gasteiger partial charge in [-0.3, -0.25) is 0 Å². The zero-order chi connectivity index (χ0) is 12.5. The first-order valence-corrected chi connectivity index (χ1v) is 7.26. The van der Waals surface area contributed by atoms with E-state index in [9.17, 15) is 8.42 Å². The lowest BCUT2D eigenvalue weighted by molar-refractivity contribution is 0.392. The summed E-state index contributed by atoms with van der Waals surface area (Å²) in [5.41, 5.74) is 6.23. The minimum absolute atomic E-state index is 0.0798. The summed E-state index contributed by atoms with van der Waals surface area (Å²) >= 11 is 0. The smallest absolute Gasteiger partial charge is 0.217 e. The van der Waals surface area contributed by atoms with E-state index in [1.165, 1.54) is 0 Å². The monoisotopic (exact) mass is 259 g/mol. The highest BCUT2D eigenvalue weighted by Gasteiger charge is 2.29. The Kier molecular flexibility index (Phi) is 3.50. The zero-order valence-electron chi connectivity index (χ0n) is 9.72. The Bertz CT molecular complexity index is 479. The van der Waals surface area contributed by atoms with Crippen molar-refractivity contribution in [3.8, 4) is 0 Å². The van der Waals surface area contributed by atoms with Gasteiger partial charge in [0.25, 0.3) is 0 Å². The van der Waals surface area contributed by atoms with Gasteiger partial charge in [0.1, 0.15) is 17.2 Å². The number of sulfonamides is 1. The molecule has 0 bridgehead atoms. The Labute approximate surface area is 101 Å². The minimum Gasteiger partial charge on any atom is -0.361 e. The summed E-state index contributed by atoms with van der Waals surface area (Å²) in [6, 6.07) is 1.53. The molecule has 0 spiro atoms. The van der Waals surface area contributed by atoms with E-state index < -0.39 is 10.0 Å². The molecule has 2 rings (SSSR count). The third kappa shape index (κ3) is 3.79. The summed E-state index contributed by atoms with van der Waals surface area (Å²) in [4.78, 5) is 0. The fraction of sp³-hybridized carbons (Fsp3) is 0.700. The van der Waals surface area contributed by atoms with Crippen molar-refractivity contribution in [2.75, 3.05) is 6.54 Å². The summed E-state index contributed by atoms with van der Waals surface area (Å²) in [6.07, 6.45) is 2.21. The number of nitrogens with zero attached hydrogens (tertiary/aromatic N) is 1. The van der Waals surface area contributed by atoms with Crippen LogP contribution in [0.1, 0.15) is 24.3 Å². The second-order valence-electron chi connectivity index (χ2n) is 4.54. The maximum Gasteiger partial charge on any atom is 0.217 e. The van der Waals surface area contributed by atoms with E-state index in [-0.39, 0.29) is 11.8 Å². The highest BCUT2D eigenvalue weighted by atomic mass is 32.2. The van der Waals surface area contributed by atoms with Crippen LogP contribution in [0.4, 0.5) is 0 Å². The Balaban J connectivity index is 1.85. The second kappa shape index (κ2) is 4.75. The number of nitrogens with one attached hydrogen (secondary N) is 1. The van der Waals surface area contributed by atoms with Crippen molar-refractivity contribution in [1.82, 2.24) is 9.88 Å². The normalized spacial score (nSPS) is 18.2. The molecule has 0 radical (unpaired) electrons. The van der Waals surface area contributed by atoms with Crippen molar-refractivity contribution in [2.45, 2.75) is 31.6 Å². The average molecular weight is 259 g/mol. The fourth-order valence-electron chi connectivity index (χ4n) is 1.65. The molecule has 96 valence electrons. The Morgan fingerprint density at radius 1 is 1.65 bits per heavy atom. The van der Waals surface area contributed by atoms with Gasteiger partial charge in [0.2, 0.25) is 10.0 Å². The maximum absolute atomic E-state index is 11.7. The van der Waals surface area contributed by atoms with Crippen LogP contribution in [0.2, 0.25) is 0 Å². The van der Waals surface area contributed by atoms with Crippen LogP contribution >= 0.6 is 0 Å². The lowest BCUT2D eigenvalue weighted by Gasteiger charge is -2.11. The summed E-state index contributed by atoms with van der Waals surface area (Å²) in [5.74, 6) is 0.915. The van der Waals surface area contributed by atoms with Crippen molar-refractivity contribution in [3.63, 3.8) is 0 Å². The van der Waals surface area contributed by atoms with Gasteiger partial charge < -0.3 is 10.3 Å². The molecule has 0 saturated heterocycles. The lowest BCUT2D eigenvalue weighted by atomic mass is 10.2. The van der Waals surface area contributed by atoms with E-state index >= 15 is 0 Å². The summed E-state index contributed by atoms with van der Waals surface area (Å²) < 4.78 is 30.7. The molecule has 1 aromatic rings. The number of hydrogen-bond donors (Lipinski definition) is 2. The van der Waals surface area contributed by atoms with E-state index in [4.69, 9.17) is 10.3 Å². The van der Waals surface area contributed by atoms with Crippen LogP contribution in [0, 0.1) is 12.8 Å². The van der Waals surface area contributed by atoms with Gasteiger partial charge in [-0.25, -0.2) is 13.1 Å². The average Bonchev–Trinajstić information content (AvgIpc) is 3.01. The predicted octanol–water partition coefficient (Wildman–Crippen LogP) is 0.140. The standard InChI is InChI=1S/C10H17N3O3S/c1-7-4-9(13-16-7)6-17(14,15)12-5-10(11)8-2-3-8/h4,8,10,12H,2-3,5-6,11H2,1H3. The molecule has 3 N–H and O–H groups in total. The molecule has 0 aromatic carbocycles. The highest BCUT2D eigenvalue weighted by molar-refractivity contribution is 7.88. The van der Waals surface area contributed by atoms with Crippen LogP contribution < -0.4 is 10.5 Å². The van der Waals surface area contributed by atoms with E-state index in [1.54, 1.807) is 13.0 Å². The number of rotatable bonds is 6. The van der Waals surface area contributed by atoms with Crippen LogP contribution in [0.3, 0.4) is 0 Å². The number of nitrogens with two attached hydrogens (primary N) is 1. The van der Waals surface area contributed by atoms with Gasteiger partial charge in [-0.2, -0.15) is 0 Å². The van der Waals surface area contributed by atoms with E-state index in [0.29, 0.717) is 23.9 Å². The summed E-state index contributed by atoms with van der Waals surface area (Å²) in [6.45, 7) is 2.02. The molecule has 1 aliphatic carbocycles. The van der Waals surface area contributed by atoms with Crippen molar-refractivity contribution in [2.24, 2.45) is 11.7 Å². The van der Waals surface area contributed by atoms with E-state index in [0.717, 1.165) is 12.8 Å². The molecule has 1 fully saturated rings. The Morgan fingerprint density at radius 2 is 2.35 bits per heavy atom. The molecule has 17 heavy (non-hydrogen) atoms. The largest absolute Gasteiger partial charge is 0.361 e. The molecule has 1 unspecified atom stereocenters. The van der Waals surface area contributed by atoms with Gasteiger partial charge in [0.15, 0.2) is 0 Å². The first-order chi connectivity index (χ1) is 7.96. The number of hydrogen-bond acceptors (Lipinski definition) is 5. The number of aromatic nitrogens is 1. The Hall–Kier alpha value is -0.920. The quantitative estimate of drug-likeness (QED) is 0.757. The van der Waals surface area contributed by atoms with Crippen molar-refractivity contribution in [3.05, 3.63) is 17.5 Å². The van der Waals surface area contributed by atoms with E-state index in [1.807, 2.05) is 0 Å². The van der Waals surface area contributed by atoms with Gasteiger partial charge in [0, 0.05) is 18.7 Å². The SMILES string of the molecule is Cc1cc(CS(=O)(=O)NCC(N)C2CC2)no1. The van der Waals surface area contributed by atoms with Crippen molar-refractivity contribution >= 4 is 10.0 Å². The van der Waals surface area contributed by atoms with Gasteiger partial charge in [-0.15, -0.1) is 0 Å². The highest BCUT2D eigenvalue weighted by Crippen LogP contribution is 2.31. The predicted molar refractivity (Wildman–Crippen MR) is 62.6 cm³/mol. The molecule has 1 atom stereocenters. The van der Waals surface area contributed by atoms with Crippen molar-refractivity contribution in [1.29, 1.82) is 0 Å². The molecule has 1 heterocycles. The van der Waals surface area contributed by atoms with Crippen LogP contribution in [0.5, 0.6) is 0 Å². The Morgan fingerprint density at radius 3 is 2.88 bits per heavy atom. The first kappa shape index (κ1) is 12.5. The van der Waals surface area contributed by atoms with Crippen LogP contribution in [-0.4, -0.2) is 26.2 Å². The molecule has 1 aromatic heterocycles. The van der Waals surface area contributed by atoms with Crippen LogP contribution in [0.25, 0.3) is 0 Å². The molecule has 7 heteroatoms. The molecular weight excluding hydrogens is 242 g/mol. The fourth-order valence-corrected chi connectivity index (χ4v) is 2.72. The van der Waals surface area contributed by atoms with Gasteiger partial charge in [-0.1, -0.05) is 5.16 Å². The molecule has 1 aliphatic rings. The molecule has 0 aliphatic heterocycles. The third-order valence-electron chi connectivity index (χ3n) is 2.78. The topological polar surface area (TPSA) is 98.2 Å². The second-order valence-corrected chi connectivity index (χ2v) is 6.34. The summed E-state index contributed by atoms with van der Waals surface area (Å²) in [5, 5.41) is 3.65. The number of aryl methyl sites for hydroxylation is 1. The van der Waals surface area contributed by atoms with Gasteiger partial charge in [0.05, 0.1) is 0 Å². The molecule has 1 saturated carbocycles.